The van der Waals surface area contributed by atoms with Crippen molar-refractivity contribution in [3.8, 4) is 16.9 Å². The molecular weight excluding hydrogens is 396 g/mol. The van der Waals surface area contributed by atoms with Crippen molar-refractivity contribution in [2.24, 2.45) is 0 Å². The van der Waals surface area contributed by atoms with Crippen molar-refractivity contribution >= 4 is 18.3 Å². The summed E-state index contributed by atoms with van der Waals surface area (Å²) in [6.07, 6.45) is 3.28. The maximum Gasteiger partial charge on any atom is 0.222 e. The van der Waals surface area contributed by atoms with Gasteiger partial charge in [-0.1, -0.05) is 48.0 Å². The van der Waals surface area contributed by atoms with Gasteiger partial charge in [-0.2, -0.15) is 5.10 Å². The minimum Gasteiger partial charge on any atom is -0.340 e. The number of rotatable bonds is 5. The first-order chi connectivity index (χ1) is 14.1. The number of hydrogen-bond donors (Lipinski definition) is 0. The third-order valence-electron chi connectivity index (χ3n) is 5.60. The van der Waals surface area contributed by atoms with E-state index in [1.165, 1.54) is 5.56 Å². The molecule has 2 heterocycles. The van der Waals surface area contributed by atoms with Crippen LogP contribution in [0.3, 0.4) is 0 Å². The maximum atomic E-state index is 12.7. The van der Waals surface area contributed by atoms with Crippen LogP contribution in [0.2, 0.25) is 0 Å². The van der Waals surface area contributed by atoms with Gasteiger partial charge in [-0.3, -0.25) is 4.79 Å². The van der Waals surface area contributed by atoms with Crippen LogP contribution in [0.1, 0.15) is 17.5 Å². The van der Waals surface area contributed by atoms with Crippen molar-refractivity contribution in [1.29, 1.82) is 0 Å². The summed E-state index contributed by atoms with van der Waals surface area (Å²) in [5, 5.41) is 4.87. The van der Waals surface area contributed by atoms with E-state index in [4.69, 9.17) is 5.10 Å². The van der Waals surface area contributed by atoms with Gasteiger partial charge in [0.25, 0.3) is 0 Å². The fraction of sp³-hybridized carbons (Fsp3) is 0.333. The quantitative estimate of drug-likeness (QED) is 0.622. The van der Waals surface area contributed by atoms with E-state index in [0.29, 0.717) is 12.8 Å². The molecule has 1 aromatic heterocycles. The largest absolute Gasteiger partial charge is 0.340 e. The topological polar surface area (TPSA) is 41.4 Å². The monoisotopic (exact) mass is 424 g/mol. The van der Waals surface area contributed by atoms with Crippen LogP contribution in [0, 0.1) is 6.92 Å². The van der Waals surface area contributed by atoms with Crippen LogP contribution in [0.4, 0.5) is 0 Å². The molecule has 1 aliphatic rings. The smallest absolute Gasteiger partial charge is 0.222 e. The molecule has 0 spiro atoms. The Bertz CT molecular complexity index is 961. The molecule has 5 nitrogen and oxygen atoms in total. The van der Waals surface area contributed by atoms with Crippen molar-refractivity contribution in [3.63, 3.8) is 0 Å². The number of aryl methyl sites for hydroxylation is 2. The number of amides is 1. The molecule has 4 rings (SSSR count). The van der Waals surface area contributed by atoms with E-state index in [1.807, 2.05) is 39.9 Å². The van der Waals surface area contributed by atoms with Crippen LogP contribution < -0.4 is 0 Å². The Morgan fingerprint density at radius 1 is 0.967 bits per heavy atom. The van der Waals surface area contributed by atoms with Gasteiger partial charge in [0.05, 0.1) is 11.4 Å². The van der Waals surface area contributed by atoms with Crippen molar-refractivity contribution in [2.45, 2.75) is 19.8 Å². The average Bonchev–Trinajstić information content (AvgIpc) is 3.18. The van der Waals surface area contributed by atoms with Crippen LogP contribution in [-0.4, -0.2) is 58.7 Å². The number of halogens is 1. The van der Waals surface area contributed by atoms with Crippen molar-refractivity contribution < 1.29 is 4.79 Å². The SMILES string of the molecule is Cc1ccc(-c2nn(-c3ccccc3)cc2CCC(=O)N2CCN(C)CC2)cc1.Cl. The van der Waals surface area contributed by atoms with Crippen LogP contribution in [0.5, 0.6) is 0 Å². The molecule has 0 saturated carbocycles. The molecule has 0 radical (unpaired) electrons. The number of carbonyl (C=O) groups is 1. The summed E-state index contributed by atoms with van der Waals surface area (Å²) < 4.78 is 1.92. The molecule has 0 aliphatic carbocycles. The van der Waals surface area contributed by atoms with Crippen LogP contribution in [0.15, 0.2) is 60.8 Å². The second kappa shape index (κ2) is 9.92. The van der Waals surface area contributed by atoms with E-state index in [-0.39, 0.29) is 18.3 Å². The summed E-state index contributed by atoms with van der Waals surface area (Å²) in [5.74, 6) is 0.236. The normalized spacial score (nSPS) is 14.4. The number of para-hydroxylation sites is 1. The molecule has 0 N–H and O–H groups in total. The van der Waals surface area contributed by atoms with Gasteiger partial charge in [-0.05, 0) is 38.1 Å². The Hall–Kier alpha value is -2.63. The highest BCUT2D eigenvalue weighted by atomic mass is 35.5. The first-order valence-electron chi connectivity index (χ1n) is 10.3. The maximum absolute atomic E-state index is 12.7. The molecule has 0 unspecified atom stereocenters. The number of carbonyl (C=O) groups excluding carboxylic acids is 1. The van der Waals surface area contributed by atoms with E-state index in [0.717, 1.165) is 48.7 Å². The van der Waals surface area contributed by atoms with Gasteiger partial charge in [0, 0.05) is 44.4 Å². The standard InChI is InChI=1S/C24H28N4O.ClH/c1-19-8-10-20(11-9-19)24-21(18-28(25-24)22-6-4-3-5-7-22)12-13-23(29)27-16-14-26(2)15-17-27;/h3-11,18H,12-17H2,1-2H3;1H. The summed E-state index contributed by atoms with van der Waals surface area (Å²) in [6.45, 7) is 5.63. The first kappa shape index (κ1) is 22.1. The lowest BCUT2D eigenvalue weighted by atomic mass is 10.0. The molecule has 1 saturated heterocycles. The molecule has 6 heteroatoms. The lowest BCUT2D eigenvalue weighted by Gasteiger charge is -2.32. The van der Waals surface area contributed by atoms with E-state index in [2.05, 4.69) is 49.3 Å². The number of piperazine rings is 1. The zero-order chi connectivity index (χ0) is 20.2. The second-order valence-electron chi connectivity index (χ2n) is 7.83. The number of aromatic nitrogens is 2. The zero-order valence-corrected chi connectivity index (χ0v) is 18.4. The van der Waals surface area contributed by atoms with E-state index in [1.54, 1.807) is 0 Å². The minimum absolute atomic E-state index is 0. The van der Waals surface area contributed by atoms with Crippen molar-refractivity contribution in [2.75, 3.05) is 33.2 Å². The Balaban J connectivity index is 0.00000256. The highest BCUT2D eigenvalue weighted by Gasteiger charge is 2.20. The fourth-order valence-corrected chi connectivity index (χ4v) is 3.72. The molecule has 3 aromatic rings. The molecule has 30 heavy (non-hydrogen) atoms. The van der Waals surface area contributed by atoms with Gasteiger partial charge in [0.2, 0.25) is 5.91 Å². The predicted molar refractivity (Wildman–Crippen MR) is 123 cm³/mol. The van der Waals surface area contributed by atoms with Gasteiger partial charge < -0.3 is 9.80 Å². The summed E-state index contributed by atoms with van der Waals surface area (Å²) in [4.78, 5) is 17.0. The third-order valence-corrected chi connectivity index (χ3v) is 5.60. The summed E-state index contributed by atoms with van der Waals surface area (Å²) in [5.41, 5.74) is 5.41. The predicted octanol–water partition coefficient (Wildman–Crippen LogP) is 3.98. The molecule has 2 aromatic carbocycles. The van der Waals surface area contributed by atoms with Crippen LogP contribution in [-0.2, 0) is 11.2 Å². The van der Waals surface area contributed by atoms with Gasteiger partial charge in [-0.25, -0.2) is 4.68 Å². The Labute approximate surface area is 184 Å². The van der Waals surface area contributed by atoms with Gasteiger partial charge in [-0.15, -0.1) is 12.4 Å². The van der Waals surface area contributed by atoms with Gasteiger partial charge in [0.1, 0.15) is 0 Å². The van der Waals surface area contributed by atoms with E-state index >= 15 is 0 Å². The lowest BCUT2D eigenvalue weighted by Crippen LogP contribution is -2.47. The molecule has 1 amide bonds. The Kier molecular flexibility index (Phi) is 7.29. The van der Waals surface area contributed by atoms with Gasteiger partial charge in [0.15, 0.2) is 0 Å². The lowest BCUT2D eigenvalue weighted by molar-refractivity contribution is -0.132. The number of nitrogens with zero attached hydrogens (tertiary/aromatic N) is 4. The first-order valence-corrected chi connectivity index (χ1v) is 10.3. The van der Waals surface area contributed by atoms with Crippen LogP contribution >= 0.6 is 12.4 Å². The summed E-state index contributed by atoms with van der Waals surface area (Å²) in [6, 6.07) is 18.6. The van der Waals surface area contributed by atoms with Crippen molar-refractivity contribution in [3.05, 3.63) is 71.9 Å². The summed E-state index contributed by atoms with van der Waals surface area (Å²) >= 11 is 0. The number of benzene rings is 2. The number of likely N-dealkylation sites (N-methyl/N-ethyl adjacent to an activating group) is 1. The molecule has 158 valence electrons. The van der Waals surface area contributed by atoms with E-state index < -0.39 is 0 Å². The van der Waals surface area contributed by atoms with E-state index in [9.17, 15) is 4.79 Å². The average molecular weight is 425 g/mol. The molecule has 1 fully saturated rings. The molecular formula is C24H29ClN4O. The number of hydrogen-bond acceptors (Lipinski definition) is 3. The highest BCUT2D eigenvalue weighted by molar-refractivity contribution is 5.85. The third kappa shape index (κ3) is 5.10. The fourth-order valence-electron chi connectivity index (χ4n) is 3.72. The highest BCUT2D eigenvalue weighted by Crippen LogP contribution is 2.25. The second-order valence-corrected chi connectivity index (χ2v) is 7.83. The van der Waals surface area contributed by atoms with Gasteiger partial charge >= 0.3 is 0 Å². The molecule has 0 bridgehead atoms. The molecule has 1 aliphatic heterocycles. The Morgan fingerprint density at radius 3 is 2.30 bits per heavy atom. The van der Waals surface area contributed by atoms with Crippen LogP contribution in [0.25, 0.3) is 16.9 Å². The summed E-state index contributed by atoms with van der Waals surface area (Å²) in [7, 11) is 2.10. The minimum atomic E-state index is 0. The van der Waals surface area contributed by atoms with Crippen molar-refractivity contribution in [1.82, 2.24) is 19.6 Å². The molecule has 0 atom stereocenters. The Morgan fingerprint density at radius 2 is 1.63 bits per heavy atom. The zero-order valence-electron chi connectivity index (χ0n) is 17.6.